The van der Waals surface area contributed by atoms with E-state index in [0.29, 0.717) is 0 Å². The second kappa shape index (κ2) is 9.96. The molecule has 0 aliphatic rings. The van der Waals surface area contributed by atoms with Crippen molar-refractivity contribution < 1.29 is 8.78 Å². The quantitative estimate of drug-likeness (QED) is 0.268. The Morgan fingerprint density at radius 3 is 1.10 bits per heavy atom. The van der Waals surface area contributed by atoms with E-state index in [1.165, 1.54) is 35.4 Å². The Morgan fingerprint density at radius 1 is 0.433 bits per heavy atom. The van der Waals surface area contributed by atoms with Gasteiger partial charge in [0.1, 0.15) is 11.6 Å². The van der Waals surface area contributed by atoms with Crippen molar-refractivity contribution in [2.24, 2.45) is 0 Å². The summed E-state index contributed by atoms with van der Waals surface area (Å²) < 4.78 is 26.9. The average molecular weight is 435 g/mol. The molecule has 0 radical (unpaired) electrons. The monoisotopic (exact) mass is 434 g/mol. The number of rotatable bonds is 7. The van der Waals surface area contributed by atoms with Crippen molar-refractivity contribution in [2.75, 3.05) is 0 Å². The summed E-state index contributed by atoms with van der Waals surface area (Å²) in [6, 6.07) is 33.9. The first-order valence-corrected chi connectivity index (χ1v) is 11.4. The first kappa shape index (κ1) is 20.7. The van der Waals surface area contributed by atoms with Gasteiger partial charge in [-0.1, -0.05) is 60.7 Å². The summed E-state index contributed by atoms with van der Waals surface area (Å²) in [6.07, 6.45) is 0. The van der Waals surface area contributed by atoms with Gasteiger partial charge >= 0.3 is 0 Å². The highest BCUT2D eigenvalue weighted by molar-refractivity contribution is 8.03. The maximum absolute atomic E-state index is 13.4. The number of benzene rings is 4. The normalized spacial score (nSPS) is 13.0. The summed E-state index contributed by atoms with van der Waals surface area (Å²) in [7, 11) is 0. The van der Waals surface area contributed by atoms with Gasteiger partial charge in [-0.05, 0) is 59.7 Å². The van der Waals surface area contributed by atoms with Gasteiger partial charge in [-0.15, -0.1) is 23.5 Å². The van der Waals surface area contributed by atoms with Crippen LogP contribution in [0.2, 0.25) is 0 Å². The molecule has 0 aromatic heterocycles. The fourth-order valence-electron chi connectivity index (χ4n) is 3.21. The van der Waals surface area contributed by atoms with E-state index in [1.807, 2.05) is 60.7 Å². The second-order valence-electron chi connectivity index (χ2n) is 6.81. The van der Waals surface area contributed by atoms with Gasteiger partial charge in [0.05, 0.1) is 10.5 Å². The summed E-state index contributed by atoms with van der Waals surface area (Å²) in [4.78, 5) is 2.01. The zero-order chi connectivity index (χ0) is 20.8. The highest BCUT2D eigenvalue weighted by Gasteiger charge is 2.27. The molecule has 0 unspecified atom stereocenters. The molecule has 0 saturated heterocycles. The second-order valence-corrected chi connectivity index (χ2v) is 9.24. The molecule has 4 aromatic carbocycles. The molecule has 0 amide bonds. The van der Waals surface area contributed by atoms with Gasteiger partial charge in [0.2, 0.25) is 0 Å². The lowest BCUT2D eigenvalue weighted by atomic mass is 10.0. The molecule has 30 heavy (non-hydrogen) atoms. The van der Waals surface area contributed by atoms with E-state index in [2.05, 4.69) is 24.3 Å². The van der Waals surface area contributed by atoms with Crippen molar-refractivity contribution in [3.63, 3.8) is 0 Å². The lowest BCUT2D eigenvalue weighted by Crippen LogP contribution is -2.06. The predicted molar refractivity (Wildman–Crippen MR) is 123 cm³/mol. The Morgan fingerprint density at radius 2 is 0.767 bits per heavy atom. The van der Waals surface area contributed by atoms with Crippen LogP contribution in [0.25, 0.3) is 0 Å². The van der Waals surface area contributed by atoms with Gasteiger partial charge in [0.25, 0.3) is 0 Å². The fraction of sp³-hybridized carbons (Fsp3) is 0.0769. The third-order valence-electron chi connectivity index (χ3n) is 4.68. The number of hydrogen-bond acceptors (Lipinski definition) is 2. The molecule has 2 atom stereocenters. The van der Waals surface area contributed by atoms with Gasteiger partial charge in [0.15, 0.2) is 0 Å². The number of hydrogen-bond donors (Lipinski definition) is 0. The zero-order valence-corrected chi connectivity index (χ0v) is 17.8. The molecule has 0 nitrogen and oxygen atoms in total. The minimum atomic E-state index is -0.240. The van der Waals surface area contributed by atoms with Crippen molar-refractivity contribution >= 4 is 23.5 Å². The van der Waals surface area contributed by atoms with Crippen LogP contribution in [0.3, 0.4) is 0 Å². The molecule has 0 heterocycles. The topological polar surface area (TPSA) is 0 Å². The third kappa shape index (κ3) is 5.32. The fourth-order valence-corrected chi connectivity index (χ4v) is 5.87. The Hall–Kier alpha value is -2.56. The maximum Gasteiger partial charge on any atom is 0.123 e. The van der Waals surface area contributed by atoms with Gasteiger partial charge in [-0.3, -0.25) is 0 Å². The van der Waals surface area contributed by atoms with Crippen LogP contribution in [0.4, 0.5) is 8.78 Å². The smallest absolute Gasteiger partial charge is 0.123 e. The van der Waals surface area contributed by atoms with E-state index < -0.39 is 0 Å². The van der Waals surface area contributed by atoms with Crippen LogP contribution in [0.1, 0.15) is 21.6 Å². The largest absolute Gasteiger partial charge is 0.207 e. The van der Waals surface area contributed by atoms with E-state index in [0.717, 1.165) is 9.79 Å². The molecular weight excluding hydrogens is 414 g/mol. The molecule has 4 heteroatoms. The van der Waals surface area contributed by atoms with Crippen LogP contribution in [-0.2, 0) is 0 Å². The predicted octanol–water partition coefficient (Wildman–Crippen LogP) is 8.33. The van der Waals surface area contributed by atoms with Gasteiger partial charge < -0.3 is 0 Å². The van der Waals surface area contributed by atoms with Crippen LogP contribution in [0.15, 0.2) is 119 Å². The van der Waals surface area contributed by atoms with Crippen LogP contribution < -0.4 is 0 Å². The molecule has 0 N–H and O–H groups in total. The Bertz CT molecular complexity index is 961. The summed E-state index contributed by atoms with van der Waals surface area (Å²) in [5.41, 5.74) is 2.38. The van der Waals surface area contributed by atoms with E-state index in [9.17, 15) is 8.78 Å². The molecule has 0 fully saturated rings. The average Bonchev–Trinajstić information content (AvgIpc) is 2.80. The Balaban J connectivity index is 1.75. The van der Waals surface area contributed by atoms with Crippen LogP contribution in [0, 0.1) is 11.6 Å². The minimum absolute atomic E-state index is 0.0779. The van der Waals surface area contributed by atoms with Crippen LogP contribution in [0.5, 0.6) is 0 Å². The van der Waals surface area contributed by atoms with Crippen molar-refractivity contribution in [2.45, 2.75) is 20.3 Å². The minimum Gasteiger partial charge on any atom is -0.207 e. The van der Waals surface area contributed by atoms with Crippen molar-refractivity contribution in [3.8, 4) is 0 Å². The van der Waals surface area contributed by atoms with E-state index in [-0.39, 0.29) is 22.1 Å². The van der Waals surface area contributed by atoms with Crippen LogP contribution >= 0.6 is 23.5 Å². The standard InChI is InChI=1S/C26H20F2S2/c27-21-11-15-23(16-12-21)29-25(19-7-3-1-4-8-19)26(20-9-5-2-6-10-20)30-24-17-13-22(28)14-18-24/h1-18,25-26H/t25-,26-/m1/s1. The SMILES string of the molecule is Fc1ccc(S[C@H](c2ccccc2)[C@H](Sc2ccc(F)cc2)c2ccccc2)cc1. The first-order valence-electron chi connectivity index (χ1n) is 9.63. The van der Waals surface area contributed by atoms with Gasteiger partial charge in [-0.2, -0.15) is 0 Å². The Kier molecular flexibility index (Phi) is 6.88. The molecule has 0 saturated carbocycles. The third-order valence-corrected chi connectivity index (χ3v) is 7.54. The lowest BCUT2D eigenvalue weighted by molar-refractivity contribution is 0.626. The first-order chi connectivity index (χ1) is 14.7. The number of thioether (sulfide) groups is 2. The molecule has 0 aliphatic heterocycles. The van der Waals surface area contributed by atoms with Crippen molar-refractivity contribution in [1.29, 1.82) is 0 Å². The van der Waals surface area contributed by atoms with E-state index in [4.69, 9.17) is 0 Å². The van der Waals surface area contributed by atoms with Crippen molar-refractivity contribution in [1.82, 2.24) is 0 Å². The Labute approximate surface area is 184 Å². The molecule has 0 aliphatic carbocycles. The summed E-state index contributed by atoms with van der Waals surface area (Å²) in [5.74, 6) is -0.480. The lowest BCUT2D eigenvalue weighted by Gasteiger charge is -2.27. The number of halogens is 2. The van der Waals surface area contributed by atoms with Gasteiger partial charge in [-0.25, -0.2) is 8.78 Å². The van der Waals surface area contributed by atoms with Crippen molar-refractivity contribution in [3.05, 3.63) is 132 Å². The molecule has 0 spiro atoms. The molecule has 4 aromatic rings. The summed E-state index contributed by atoms with van der Waals surface area (Å²) in [6.45, 7) is 0. The zero-order valence-electron chi connectivity index (χ0n) is 16.1. The molecule has 0 bridgehead atoms. The molecular formula is C26H20F2S2. The van der Waals surface area contributed by atoms with Gasteiger partial charge in [0, 0.05) is 9.79 Å². The maximum atomic E-state index is 13.4. The molecule has 4 rings (SSSR count). The highest BCUT2D eigenvalue weighted by atomic mass is 32.2. The van der Waals surface area contributed by atoms with Crippen LogP contribution in [-0.4, -0.2) is 0 Å². The van der Waals surface area contributed by atoms with E-state index >= 15 is 0 Å². The summed E-state index contributed by atoms with van der Waals surface area (Å²) in [5, 5.41) is 0.156. The summed E-state index contributed by atoms with van der Waals surface area (Å²) >= 11 is 3.43. The highest BCUT2D eigenvalue weighted by Crippen LogP contribution is 2.52. The van der Waals surface area contributed by atoms with E-state index in [1.54, 1.807) is 23.5 Å². The molecule has 150 valence electrons.